The highest BCUT2D eigenvalue weighted by Gasteiger charge is 2.07. The van der Waals surface area contributed by atoms with Gasteiger partial charge in [0.2, 0.25) is 0 Å². The van der Waals surface area contributed by atoms with Gasteiger partial charge in [-0.15, -0.1) is 34.2 Å². The Morgan fingerprint density at radius 2 is 2.13 bits per heavy atom. The molecule has 0 aliphatic carbocycles. The van der Waals surface area contributed by atoms with Crippen LogP contribution in [0.5, 0.6) is 11.5 Å². The van der Waals surface area contributed by atoms with Gasteiger partial charge in [-0.3, -0.25) is 9.98 Å². The zero-order valence-electron chi connectivity index (χ0n) is 16.9. The molecule has 8 nitrogen and oxygen atoms in total. The maximum absolute atomic E-state index is 14.3. The summed E-state index contributed by atoms with van der Waals surface area (Å²) in [6.45, 7) is 3.86. The molecule has 0 amide bonds. The Bertz CT molecular complexity index is 949. The Hall–Kier alpha value is -2.76. The second-order valence-corrected chi connectivity index (χ2v) is 6.20. The third-order valence-electron chi connectivity index (χ3n) is 4.20. The number of hydrogen-bond donors (Lipinski definition) is 2. The van der Waals surface area contributed by atoms with E-state index >= 15 is 0 Å². The van der Waals surface area contributed by atoms with E-state index in [2.05, 4.69) is 30.8 Å². The molecule has 0 unspecified atom stereocenters. The van der Waals surface area contributed by atoms with Crippen LogP contribution in [0.3, 0.4) is 0 Å². The predicted molar refractivity (Wildman–Crippen MR) is 124 cm³/mol. The first-order valence-electron chi connectivity index (χ1n) is 9.37. The molecule has 30 heavy (non-hydrogen) atoms. The number of benzene rings is 1. The lowest BCUT2D eigenvalue weighted by Crippen LogP contribution is -2.38. The SMILES string of the molecule is CCc1nncn1CCNC(=NC)NCc1ccc(Oc2cccnc2)c(F)c1.I. The molecule has 0 spiro atoms. The van der Waals surface area contributed by atoms with Gasteiger partial charge >= 0.3 is 0 Å². The highest BCUT2D eigenvalue weighted by Crippen LogP contribution is 2.24. The lowest BCUT2D eigenvalue weighted by Gasteiger charge is -2.13. The Balaban J connectivity index is 0.00000320. The van der Waals surface area contributed by atoms with E-state index < -0.39 is 5.82 Å². The molecule has 2 aromatic heterocycles. The van der Waals surface area contributed by atoms with E-state index in [0.717, 1.165) is 24.4 Å². The molecule has 0 bridgehead atoms. The highest BCUT2D eigenvalue weighted by molar-refractivity contribution is 14.0. The van der Waals surface area contributed by atoms with Gasteiger partial charge in [-0.1, -0.05) is 13.0 Å². The summed E-state index contributed by atoms with van der Waals surface area (Å²) >= 11 is 0. The van der Waals surface area contributed by atoms with Crippen LogP contribution >= 0.6 is 24.0 Å². The molecule has 0 radical (unpaired) electrons. The first-order valence-corrected chi connectivity index (χ1v) is 9.37. The lowest BCUT2D eigenvalue weighted by atomic mass is 10.2. The molecule has 0 saturated carbocycles. The molecule has 0 aliphatic rings. The quantitative estimate of drug-likeness (QED) is 0.267. The molecule has 0 fully saturated rings. The summed E-state index contributed by atoms with van der Waals surface area (Å²) in [6, 6.07) is 8.31. The van der Waals surface area contributed by atoms with Gasteiger partial charge in [-0.2, -0.15) is 0 Å². The van der Waals surface area contributed by atoms with Crippen molar-refractivity contribution in [1.82, 2.24) is 30.4 Å². The smallest absolute Gasteiger partial charge is 0.191 e. The summed E-state index contributed by atoms with van der Waals surface area (Å²) in [4.78, 5) is 8.14. The predicted octanol–water partition coefficient (Wildman–Crippen LogP) is 3.15. The number of aryl methyl sites for hydroxylation is 1. The number of nitrogens with zero attached hydrogens (tertiary/aromatic N) is 5. The van der Waals surface area contributed by atoms with Crippen molar-refractivity contribution in [2.75, 3.05) is 13.6 Å². The van der Waals surface area contributed by atoms with Crippen LogP contribution in [0, 0.1) is 5.82 Å². The number of nitrogens with one attached hydrogen (secondary N) is 2. The minimum Gasteiger partial charge on any atom is -0.453 e. The molecule has 0 aliphatic heterocycles. The summed E-state index contributed by atoms with van der Waals surface area (Å²) in [7, 11) is 1.69. The molecular formula is C20H25FIN7O. The van der Waals surface area contributed by atoms with E-state index in [1.54, 1.807) is 43.8 Å². The monoisotopic (exact) mass is 525 g/mol. The van der Waals surface area contributed by atoms with Crippen LogP contribution in [0.15, 0.2) is 54.0 Å². The van der Waals surface area contributed by atoms with Crippen LogP contribution in [0.2, 0.25) is 0 Å². The summed E-state index contributed by atoms with van der Waals surface area (Å²) in [5, 5.41) is 14.4. The van der Waals surface area contributed by atoms with Gasteiger partial charge in [0.1, 0.15) is 17.9 Å². The Morgan fingerprint density at radius 3 is 2.83 bits per heavy atom. The molecule has 2 heterocycles. The zero-order valence-corrected chi connectivity index (χ0v) is 19.2. The maximum Gasteiger partial charge on any atom is 0.191 e. The number of ether oxygens (including phenoxy) is 1. The van der Waals surface area contributed by atoms with Crippen LogP contribution in [0.4, 0.5) is 4.39 Å². The van der Waals surface area contributed by atoms with E-state index in [1.807, 2.05) is 11.5 Å². The first kappa shape index (κ1) is 23.5. The minimum atomic E-state index is -0.434. The van der Waals surface area contributed by atoms with Gasteiger partial charge in [-0.25, -0.2) is 4.39 Å². The van der Waals surface area contributed by atoms with Crippen molar-refractivity contribution in [3.63, 3.8) is 0 Å². The second kappa shape index (κ2) is 12.1. The fourth-order valence-electron chi connectivity index (χ4n) is 2.71. The number of guanidine groups is 1. The summed E-state index contributed by atoms with van der Waals surface area (Å²) in [6.07, 6.45) is 5.72. The largest absolute Gasteiger partial charge is 0.453 e. The Labute approximate surface area is 192 Å². The molecule has 3 rings (SSSR count). The fraction of sp³-hybridized carbons (Fsp3) is 0.300. The van der Waals surface area contributed by atoms with Crippen molar-refractivity contribution in [1.29, 1.82) is 0 Å². The zero-order chi connectivity index (χ0) is 20.5. The van der Waals surface area contributed by atoms with E-state index in [4.69, 9.17) is 4.74 Å². The van der Waals surface area contributed by atoms with Gasteiger partial charge in [-0.05, 0) is 29.8 Å². The average Bonchev–Trinajstić information content (AvgIpc) is 3.20. The van der Waals surface area contributed by atoms with E-state index in [0.29, 0.717) is 24.8 Å². The van der Waals surface area contributed by atoms with Gasteiger partial charge in [0.05, 0.1) is 6.20 Å². The summed E-state index contributed by atoms with van der Waals surface area (Å²) in [5.41, 5.74) is 0.774. The Kier molecular flexibility index (Phi) is 9.45. The van der Waals surface area contributed by atoms with Gasteiger partial charge < -0.3 is 19.9 Å². The number of rotatable bonds is 8. The average molecular weight is 525 g/mol. The van der Waals surface area contributed by atoms with E-state index in [9.17, 15) is 4.39 Å². The normalized spacial score (nSPS) is 11.0. The molecule has 0 atom stereocenters. The van der Waals surface area contributed by atoms with Crippen molar-refractivity contribution in [3.8, 4) is 11.5 Å². The van der Waals surface area contributed by atoms with Crippen LogP contribution in [0.25, 0.3) is 0 Å². The van der Waals surface area contributed by atoms with Crippen LogP contribution < -0.4 is 15.4 Å². The Morgan fingerprint density at radius 1 is 1.27 bits per heavy atom. The number of hydrogen-bond acceptors (Lipinski definition) is 5. The highest BCUT2D eigenvalue weighted by atomic mass is 127. The first-order chi connectivity index (χ1) is 14.2. The summed E-state index contributed by atoms with van der Waals surface area (Å²) in [5.74, 6) is 1.79. The molecular weight excluding hydrogens is 500 g/mol. The third kappa shape index (κ3) is 6.65. The minimum absolute atomic E-state index is 0. The van der Waals surface area contributed by atoms with Crippen molar-refractivity contribution < 1.29 is 9.13 Å². The summed E-state index contributed by atoms with van der Waals surface area (Å²) < 4.78 is 21.8. The second-order valence-electron chi connectivity index (χ2n) is 6.20. The number of aromatic nitrogens is 4. The molecule has 1 aromatic carbocycles. The van der Waals surface area contributed by atoms with Crippen molar-refractivity contribution >= 4 is 29.9 Å². The molecule has 2 N–H and O–H groups in total. The van der Waals surface area contributed by atoms with Gasteiger partial charge in [0, 0.05) is 39.3 Å². The topological polar surface area (TPSA) is 89.2 Å². The van der Waals surface area contributed by atoms with E-state index in [-0.39, 0.29) is 29.7 Å². The van der Waals surface area contributed by atoms with Crippen molar-refractivity contribution in [2.24, 2.45) is 4.99 Å². The molecule has 0 saturated heterocycles. The molecule has 3 aromatic rings. The van der Waals surface area contributed by atoms with Crippen LogP contribution in [-0.4, -0.2) is 39.3 Å². The van der Waals surface area contributed by atoms with Gasteiger partial charge in [0.25, 0.3) is 0 Å². The fourth-order valence-corrected chi connectivity index (χ4v) is 2.71. The maximum atomic E-state index is 14.3. The lowest BCUT2D eigenvalue weighted by molar-refractivity contribution is 0.440. The molecule has 160 valence electrons. The van der Waals surface area contributed by atoms with Crippen LogP contribution in [0.1, 0.15) is 18.3 Å². The van der Waals surface area contributed by atoms with Crippen LogP contribution in [-0.2, 0) is 19.5 Å². The number of pyridine rings is 1. The third-order valence-corrected chi connectivity index (χ3v) is 4.20. The standard InChI is InChI=1S/C20H24FN7O.HI/c1-3-19-27-26-14-28(19)10-9-24-20(22-2)25-12-15-6-7-18(17(21)11-15)29-16-5-4-8-23-13-16;/h4-8,11,13-14H,3,9-10,12H2,1-2H3,(H2,22,24,25);1H. The van der Waals surface area contributed by atoms with Crippen molar-refractivity contribution in [3.05, 3.63) is 66.3 Å². The number of aliphatic imine (C=N–C) groups is 1. The van der Waals surface area contributed by atoms with Gasteiger partial charge in [0.15, 0.2) is 17.5 Å². The number of halogens is 2. The molecule has 10 heteroatoms. The van der Waals surface area contributed by atoms with E-state index in [1.165, 1.54) is 12.3 Å². The van der Waals surface area contributed by atoms with Crippen molar-refractivity contribution in [2.45, 2.75) is 26.4 Å².